The van der Waals surface area contributed by atoms with Gasteiger partial charge in [0.2, 0.25) is 0 Å². The molecule has 0 aromatic carbocycles. The average Bonchev–Trinajstić information content (AvgIpc) is 3.14. The van der Waals surface area contributed by atoms with Crippen LogP contribution < -0.4 is 10.6 Å². The Morgan fingerprint density at radius 3 is 2.74 bits per heavy atom. The zero-order valence-corrected chi connectivity index (χ0v) is 15.5. The number of thiazole rings is 1. The molecule has 0 spiro atoms. The van der Waals surface area contributed by atoms with Crippen molar-refractivity contribution in [3.8, 4) is 0 Å². The Bertz CT molecular complexity index is 495. The molecule has 1 saturated carbocycles. The van der Waals surface area contributed by atoms with Crippen molar-refractivity contribution in [2.75, 3.05) is 19.7 Å². The number of aryl methyl sites for hydroxylation is 2. The molecule has 0 bridgehead atoms. The minimum atomic E-state index is 0.509. The molecule has 1 heterocycles. The van der Waals surface area contributed by atoms with Crippen molar-refractivity contribution >= 4 is 17.3 Å². The first-order chi connectivity index (χ1) is 11.2. The summed E-state index contributed by atoms with van der Waals surface area (Å²) in [5.41, 5.74) is 1.09. The fourth-order valence-electron chi connectivity index (χ4n) is 2.80. The highest BCUT2D eigenvalue weighted by molar-refractivity contribution is 7.11. The molecule has 6 heteroatoms. The van der Waals surface area contributed by atoms with E-state index < -0.39 is 0 Å². The van der Waals surface area contributed by atoms with Gasteiger partial charge in [-0.2, -0.15) is 0 Å². The number of nitrogens with one attached hydrogen (secondary N) is 2. The summed E-state index contributed by atoms with van der Waals surface area (Å²) in [6.45, 7) is 9.45. The van der Waals surface area contributed by atoms with Crippen LogP contribution in [0.1, 0.15) is 54.6 Å². The summed E-state index contributed by atoms with van der Waals surface area (Å²) in [4.78, 5) is 10.3. The highest BCUT2D eigenvalue weighted by atomic mass is 32.1. The maximum absolute atomic E-state index is 5.89. The molecule has 1 aromatic heterocycles. The molecule has 2 rings (SSSR count). The van der Waals surface area contributed by atoms with Crippen molar-refractivity contribution in [3.05, 3.63) is 15.6 Å². The van der Waals surface area contributed by atoms with E-state index in [1.54, 1.807) is 11.3 Å². The van der Waals surface area contributed by atoms with Crippen LogP contribution >= 0.6 is 11.3 Å². The van der Waals surface area contributed by atoms with Gasteiger partial charge in [-0.15, -0.1) is 11.3 Å². The van der Waals surface area contributed by atoms with Crippen molar-refractivity contribution < 1.29 is 4.74 Å². The van der Waals surface area contributed by atoms with E-state index in [0.29, 0.717) is 12.6 Å². The van der Waals surface area contributed by atoms with Crippen LogP contribution in [0.25, 0.3) is 0 Å². The van der Waals surface area contributed by atoms with Gasteiger partial charge >= 0.3 is 0 Å². The average molecular weight is 339 g/mol. The molecular formula is C17H30N4OS. The van der Waals surface area contributed by atoms with E-state index >= 15 is 0 Å². The molecule has 0 radical (unpaired) electrons. The largest absolute Gasteiger partial charge is 0.378 e. The SMILES string of the molecule is CCNC(=NCc1sc(C)nc1C)NCCCOC1CCCC1. The van der Waals surface area contributed by atoms with Crippen molar-refractivity contribution in [1.82, 2.24) is 15.6 Å². The molecule has 0 saturated heterocycles. The summed E-state index contributed by atoms with van der Waals surface area (Å²) in [5, 5.41) is 7.79. The molecule has 1 aromatic rings. The molecular weight excluding hydrogens is 308 g/mol. The third-order valence-corrected chi connectivity index (χ3v) is 5.05. The zero-order chi connectivity index (χ0) is 16.5. The topological polar surface area (TPSA) is 58.5 Å². The Hall–Kier alpha value is -1.14. The highest BCUT2D eigenvalue weighted by Gasteiger charge is 2.14. The number of hydrogen-bond acceptors (Lipinski definition) is 4. The summed E-state index contributed by atoms with van der Waals surface area (Å²) in [5.74, 6) is 0.874. The summed E-state index contributed by atoms with van der Waals surface area (Å²) in [6, 6.07) is 0. The normalized spacial score (nSPS) is 16.0. The van der Waals surface area contributed by atoms with Gasteiger partial charge in [0.25, 0.3) is 0 Å². The minimum absolute atomic E-state index is 0.509. The second-order valence-corrected chi connectivity index (χ2v) is 7.28. The number of rotatable bonds is 8. The van der Waals surface area contributed by atoms with Crippen LogP contribution in [-0.2, 0) is 11.3 Å². The van der Waals surface area contributed by atoms with Gasteiger partial charge < -0.3 is 15.4 Å². The van der Waals surface area contributed by atoms with Crippen LogP contribution in [0.3, 0.4) is 0 Å². The van der Waals surface area contributed by atoms with E-state index in [2.05, 4.69) is 34.5 Å². The molecule has 0 unspecified atom stereocenters. The lowest BCUT2D eigenvalue weighted by Crippen LogP contribution is -2.38. The number of ether oxygens (including phenoxy) is 1. The van der Waals surface area contributed by atoms with Crippen LogP contribution in [0.4, 0.5) is 0 Å². The first-order valence-corrected chi connectivity index (χ1v) is 9.57. The maximum atomic E-state index is 5.89. The second kappa shape index (κ2) is 9.88. The van der Waals surface area contributed by atoms with Gasteiger partial charge in [0.05, 0.1) is 23.4 Å². The fourth-order valence-corrected chi connectivity index (χ4v) is 3.66. The zero-order valence-electron chi connectivity index (χ0n) is 14.7. The van der Waals surface area contributed by atoms with Gasteiger partial charge in [-0.05, 0) is 40.0 Å². The first kappa shape index (κ1) is 18.2. The van der Waals surface area contributed by atoms with E-state index in [-0.39, 0.29) is 0 Å². The quantitative estimate of drug-likeness (QED) is 0.434. The number of guanidine groups is 1. The molecule has 5 nitrogen and oxygen atoms in total. The van der Waals surface area contributed by atoms with E-state index in [1.165, 1.54) is 30.6 Å². The van der Waals surface area contributed by atoms with Crippen LogP contribution in [0.15, 0.2) is 4.99 Å². The molecule has 1 fully saturated rings. The number of hydrogen-bond donors (Lipinski definition) is 2. The summed E-state index contributed by atoms with van der Waals surface area (Å²) < 4.78 is 5.89. The van der Waals surface area contributed by atoms with Crippen LogP contribution in [-0.4, -0.2) is 36.7 Å². The van der Waals surface area contributed by atoms with Gasteiger partial charge in [-0.3, -0.25) is 0 Å². The van der Waals surface area contributed by atoms with E-state index in [1.807, 2.05) is 6.92 Å². The number of nitrogens with zero attached hydrogens (tertiary/aromatic N) is 2. The third-order valence-electron chi connectivity index (χ3n) is 3.99. The minimum Gasteiger partial charge on any atom is -0.378 e. The summed E-state index contributed by atoms with van der Waals surface area (Å²) in [7, 11) is 0. The predicted octanol–water partition coefficient (Wildman–Crippen LogP) is 3.16. The Morgan fingerprint density at radius 1 is 1.30 bits per heavy atom. The van der Waals surface area contributed by atoms with Crippen molar-refractivity contribution in [2.45, 2.75) is 65.5 Å². The molecule has 130 valence electrons. The molecule has 23 heavy (non-hydrogen) atoms. The van der Waals surface area contributed by atoms with Crippen molar-refractivity contribution in [1.29, 1.82) is 0 Å². The highest BCUT2D eigenvalue weighted by Crippen LogP contribution is 2.20. The monoisotopic (exact) mass is 338 g/mol. The standard InChI is InChI=1S/C17H30N4OS/c1-4-18-17(20-12-16-13(2)21-14(3)23-16)19-10-7-11-22-15-8-5-6-9-15/h15H,4-12H2,1-3H3,(H2,18,19,20). The fraction of sp³-hybridized carbons (Fsp3) is 0.765. The Balaban J connectivity index is 1.69. The van der Waals surface area contributed by atoms with Crippen LogP contribution in [0, 0.1) is 13.8 Å². The van der Waals surface area contributed by atoms with E-state index in [0.717, 1.165) is 42.8 Å². The lowest BCUT2D eigenvalue weighted by Gasteiger charge is -2.13. The van der Waals surface area contributed by atoms with E-state index in [9.17, 15) is 0 Å². The second-order valence-electron chi connectivity index (χ2n) is 5.99. The van der Waals surface area contributed by atoms with Gasteiger partial charge in [-0.25, -0.2) is 9.98 Å². The number of aliphatic imine (C=N–C) groups is 1. The predicted molar refractivity (Wildman–Crippen MR) is 97.2 cm³/mol. The molecule has 0 amide bonds. The summed E-state index contributed by atoms with van der Waals surface area (Å²) >= 11 is 1.73. The Kier molecular flexibility index (Phi) is 7.82. The smallest absolute Gasteiger partial charge is 0.191 e. The number of aromatic nitrogens is 1. The Morgan fingerprint density at radius 2 is 2.09 bits per heavy atom. The summed E-state index contributed by atoms with van der Waals surface area (Å²) in [6.07, 6.45) is 6.66. The lowest BCUT2D eigenvalue weighted by atomic mass is 10.3. The maximum Gasteiger partial charge on any atom is 0.191 e. The van der Waals surface area contributed by atoms with Crippen molar-refractivity contribution in [2.24, 2.45) is 4.99 Å². The molecule has 1 aliphatic rings. The first-order valence-electron chi connectivity index (χ1n) is 8.75. The van der Waals surface area contributed by atoms with Gasteiger partial charge in [0.15, 0.2) is 5.96 Å². The molecule has 0 atom stereocenters. The van der Waals surface area contributed by atoms with Crippen molar-refractivity contribution in [3.63, 3.8) is 0 Å². The molecule has 0 aliphatic heterocycles. The van der Waals surface area contributed by atoms with Crippen LogP contribution in [0.5, 0.6) is 0 Å². The Labute approximate surface area is 144 Å². The van der Waals surface area contributed by atoms with Gasteiger partial charge in [0, 0.05) is 24.6 Å². The van der Waals surface area contributed by atoms with Gasteiger partial charge in [0.1, 0.15) is 0 Å². The van der Waals surface area contributed by atoms with Gasteiger partial charge in [-0.1, -0.05) is 12.8 Å². The molecule has 1 aliphatic carbocycles. The van der Waals surface area contributed by atoms with E-state index in [4.69, 9.17) is 4.74 Å². The molecule has 2 N–H and O–H groups in total. The van der Waals surface area contributed by atoms with Crippen LogP contribution in [0.2, 0.25) is 0 Å². The third kappa shape index (κ3) is 6.47. The lowest BCUT2D eigenvalue weighted by molar-refractivity contribution is 0.0574.